The number of imide groups is 2. The topological polar surface area (TPSA) is 146 Å². The summed E-state index contributed by atoms with van der Waals surface area (Å²) in [4.78, 5) is 55.7. The van der Waals surface area contributed by atoms with Gasteiger partial charge in [0.15, 0.2) is 11.5 Å². The molecule has 0 aromatic heterocycles. The molecule has 0 radical (unpaired) electrons. The summed E-state index contributed by atoms with van der Waals surface area (Å²) < 4.78 is 24.4. The lowest BCUT2D eigenvalue weighted by Gasteiger charge is -2.49. The van der Waals surface area contributed by atoms with Crippen molar-refractivity contribution in [2.45, 2.75) is 18.3 Å². The number of aromatic hydroxyl groups is 1. The van der Waals surface area contributed by atoms with Gasteiger partial charge in [-0.05, 0) is 78.4 Å². The molecule has 7 rings (SSSR count). The van der Waals surface area contributed by atoms with Crippen LogP contribution in [0.3, 0.4) is 0 Å². The van der Waals surface area contributed by atoms with E-state index >= 15 is 0 Å². The van der Waals surface area contributed by atoms with Crippen LogP contribution in [0.5, 0.6) is 17.2 Å². The molecule has 11 nitrogen and oxygen atoms in total. The third-order valence-electron chi connectivity index (χ3n) is 10.3. The molecule has 0 spiro atoms. The fourth-order valence-electron chi connectivity index (χ4n) is 8.10. The maximum atomic E-state index is 15.0. The summed E-state index contributed by atoms with van der Waals surface area (Å²) in [5, 5.41) is 22.4. The number of hydrazine groups is 1. The van der Waals surface area contributed by atoms with E-state index in [1.54, 1.807) is 48.6 Å². The number of ether oxygens (including phenoxy) is 2. The summed E-state index contributed by atoms with van der Waals surface area (Å²) in [6.45, 7) is 0. The minimum absolute atomic E-state index is 0.0276. The molecule has 252 valence electrons. The number of rotatable bonds is 7. The van der Waals surface area contributed by atoms with Crippen molar-refractivity contribution in [3.63, 3.8) is 0 Å². The number of benzene rings is 3. The van der Waals surface area contributed by atoms with Gasteiger partial charge in [-0.2, -0.15) is 10.1 Å². The molecule has 3 N–H and O–H groups in total. The van der Waals surface area contributed by atoms with E-state index in [-0.39, 0.29) is 35.2 Å². The van der Waals surface area contributed by atoms with Gasteiger partial charge in [0, 0.05) is 10.9 Å². The molecule has 6 unspecified atom stereocenters. The van der Waals surface area contributed by atoms with E-state index in [2.05, 4.69) is 5.43 Å². The number of anilines is 1. The van der Waals surface area contributed by atoms with E-state index in [4.69, 9.17) is 21.1 Å². The third-order valence-corrected chi connectivity index (χ3v) is 10.5. The molecule has 2 aliphatic heterocycles. The van der Waals surface area contributed by atoms with Crippen LogP contribution in [0.4, 0.5) is 10.1 Å². The predicted octanol–water partition coefficient (Wildman–Crippen LogP) is 5.12. The Morgan fingerprint density at radius 1 is 0.939 bits per heavy atom. The average Bonchev–Trinajstić information content (AvgIpc) is 3.45. The number of halogens is 2. The highest BCUT2D eigenvalue weighted by molar-refractivity contribution is 6.30. The molecule has 2 heterocycles. The molecular weight excluding hydrogens is 657 g/mol. The first kappa shape index (κ1) is 32.4. The van der Waals surface area contributed by atoms with Crippen molar-refractivity contribution in [1.82, 2.24) is 10.1 Å². The van der Waals surface area contributed by atoms with Crippen molar-refractivity contribution >= 4 is 47.0 Å². The van der Waals surface area contributed by atoms with E-state index in [0.717, 1.165) is 5.01 Å². The normalized spacial score (nSPS) is 27.6. The Balaban J connectivity index is 1.44. The lowest BCUT2D eigenvalue weighted by atomic mass is 9.50. The van der Waals surface area contributed by atoms with Crippen LogP contribution in [0.1, 0.15) is 24.0 Å². The smallest absolute Gasteiger partial charge is 0.260 e. The molecule has 6 atom stereocenters. The van der Waals surface area contributed by atoms with Gasteiger partial charge in [0.1, 0.15) is 5.82 Å². The maximum absolute atomic E-state index is 15.0. The lowest BCUT2D eigenvalue weighted by Crippen LogP contribution is -2.54. The van der Waals surface area contributed by atoms with Crippen LogP contribution in [0.25, 0.3) is 6.08 Å². The van der Waals surface area contributed by atoms with Gasteiger partial charge in [0.05, 0.1) is 43.1 Å². The minimum Gasteiger partial charge on any atom is -0.502 e. The molecule has 3 aromatic rings. The highest BCUT2D eigenvalue weighted by Gasteiger charge is 2.69. The van der Waals surface area contributed by atoms with E-state index in [0.29, 0.717) is 27.4 Å². The quantitative estimate of drug-likeness (QED) is 0.175. The number of allylic oxidation sites excluding steroid dienone is 3. The van der Waals surface area contributed by atoms with Crippen LogP contribution in [0.2, 0.25) is 5.02 Å². The van der Waals surface area contributed by atoms with Gasteiger partial charge in [0.2, 0.25) is 5.75 Å². The molecule has 3 aromatic carbocycles. The van der Waals surface area contributed by atoms with Gasteiger partial charge < -0.3 is 14.6 Å². The van der Waals surface area contributed by atoms with Crippen molar-refractivity contribution in [1.29, 1.82) is 0 Å². The standard InChI is InChI=1S/C36H31ClFN3O8/c1-48-28-15-18(16-29(49-2)31(28)42)3-14-26-23-12-13-24-30(34(45)41(47)32(24)43)25(23)17-27-33(44)40(39-22-10-8-21(38)9-11-22)35(46)36(26,27)19-4-6-20(37)7-5-19/h3-12,14-16,24-27,30,39,42,47H,13,17H2,1-2H3. The second-order valence-electron chi connectivity index (χ2n) is 12.5. The number of carbonyl (C=O) groups is 4. The number of hydroxylamine groups is 2. The zero-order valence-electron chi connectivity index (χ0n) is 26.3. The van der Waals surface area contributed by atoms with Crippen molar-refractivity contribution in [2.24, 2.45) is 29.6 Å². The van der Waals surface area contributed by atoms with E-state index in [1.165, 1.54) is 38.5 Å². The number of nitrogens with one attached hydrogen (secondary N) is 1. The molecule has 49 heavy (non-hydrogen) atoms. The first-order valence-corrected chi connectivity index (χ1v) is 16.0. The Kier molecular flexibility index (Phi) is 7.95. The van der Waals surface area contributed by atoms with Crippen LogP contribution in [0, 0.1) is 35.4 Å². The highest BCUT2D eigenvalue weighted by atomic mass is 35.5. The molecule has 3 fully saturated rings. The van der Waals surface area contributed by atoms with Crippen LogP contribution in [0.15, 0.2) is 78.4 Å². The van der Waals surface area contributed by atoms with Gasteiger partial charge >= 0.3 is 0 Å². The summed E-state index contributed by atoms with van der Waals surface area (Å²) in [7, 11) is 2.79. The van der Waals surface area contributed by atoms with Crippen molar-refractivity contribution in [2.75, 3.05) is 19.6 Å². The van der Waals surface area contributed by atoms with Gasteiger partial charge in [-0.15, -0.1) is 0 Å². The Labute approximate surface area is 285 Å². The Hall–Kier alpha value is -5.20. The number of carbonyl (C=O) groups excluding carboxylic acids is 4. The number of hydrogen-bond acceptors (Lipinski definition) is 9. The first-order valence-electron chi connectivity index (χ1n) is 15.6. The Bertz CT molecular complexity index is 1920. The number of methoxy groups -OCH3 is 2. The molecule has 0 bridgehead atoms. The van der Waals surface area contributed by atoms with Crippen molar-refractivity contribution in [3.8, 4) is 17.2 Å². The van der Waals surface area contributed by atoms with E-state index in [1.807, 2.05) is 6.08 Å². The number of phenols is 1. The molecule has 13 heteroatoms. The molecule has 2 aliphatic carbocycles. The minimum atomic E-state index is -1.56. The van der Waals surface area contributed by atoms with Gasteiger partial charge in [0.25, 0.3) is 23.6 Å². The van der Waals surface area contributed by atoms with E-state index < -0.39 is 64.5 Å². The van der Waals surface area contributed by atoms with Gasteiger partial charge in [-0.1, -0.05) is 47.5 Å². The second kappa shape index (κ2) is 12.0. The number of hydrogen-bond donors (Lipinski definition) is 3. The average molecular weight is 688 g/mol. The zero-order valence-corrected chi connectivity index (χ0v) is 27.1. The summed E-state index contributed by atoms with van der Waals surface area (Å²) in [6, 6.07) is 15.0. The van der Waals surface area contributed by atoms with Crippen LogP contribution < -0.4 is 14.9 Å². The van der Waals surface area contributed by atoms with Crippen molar-refractivity contribution in [3.05, 3.63) is 100 Å². The zero-order chi connectivity index (χ0) is 34.8. The molecule has 2 saturated heterocycles. The van der Waals surface area contributed by atoms with E-state index in [9.17, 15) is 33.9 Å². The molecule has 4 aliphatic rings. The predicted molar refractivity (Wildman–Crippen MR) is 174 cm³/mol. The largest absolute Gasteiger partial charge is 0.502 e. The number of fused-ring (bicyclic) bond motifs is 4. The summed E-state index contributed by atoms with van der Waals surface area (Å²) in [5.74, 6) is -7.33. The first-order chi connectivity index (χ1) is 23.5. The lowest BCUT2D eigenvalue weighted by molar-refractivity contribution is -0.173. The summed E-state index contributed by atoms with van der Waals surface area (Å²) in [5.41, 5.74) is 3.32. The summed E-state index contributed by atoms with van der Waals surface area (Å²) >= 11 is 6.29. The number of phenolic OH excluding ortho intramolecular Hbond substituents is 1. The fraction of sp³-hybridized carbons (Fsp3) is 0.278. The van der Waals surface area contributed by atoms with Crippen LogP contribution in [-0.2, 0) is 24.6 Å². The molecular formula is C36H31ClFN3O8. The Morgan fingerprint density at radius 3 is 2.22 bits per heavy atom. The second-order valence-corrected chi connectivity index (χ2v) is 13.0. The highest BCUT2D eigenvalue weighted by Crippen LogP contribution is 2.61. The van der Waals surface area contributed by atoms with Crippen molar-refractivity contribution < 1.29 is 43.4 Å². The summed E-state index contributed by atoms with van der Waals surface area (Å²) in [6.07, 6.45) is 5.50. The molecule has 1 saturated carbocycles. The number of amides is 4. The Morgan fingerprint density at radius 2 is 1.59 bits per heavy atom. The van der Waals surface area contributed by atoms with Crippen LogP contribution >= 0.6 is 11.6 Å². The molecule has 4 amide bonds. The fourth-order valence-corrected chi connectivity index (χ4v) is 8.23. The SMILES string of the molecule is COc1cc(C=CC2C3=CCC4C(=O)N(O)C(=O)C4C3CC3C(=O)N(Nc4ccc(F)cc4)C(=O)C23c2ccc(Cl)cc2)cc(OC)c1O. The maximum Gasteiger partial charge on any atom is 0.260 e. The van der Waals surface area contributed by atoms with Gasteiger partial charge in [-0.25, -0.2) is 4.39 Å². The van der Waals surface area contributed by atoms with Crippen LogP contribution in [-0.4, -0.2) is 58.2 Å². The number of nitrogens with zero attached hydrogens (tertiary/aromatic N) is 2. The van der Waals surface area contributed by atoms with Gasteiger partial charge in [-0.3, -0.25) is 29.8 Å². The third kappa shape index (κ3) is 4.88. The monoisotopic (exact) mass is 687 g/mol.